The van der Waals surface area contributed by atoms with Crippen LogP contribution in [0.15, 0.2) is 27.6 Å². The number of unbranched alkanes of at least 4 members (excludes halogenated alkanes) is 2. The quantitative estimate of drug-likeness (QED) is 0.710. The van der Waals surface area contributed by atoms with Crippen LogP contribution in [0, 0.1) is 0 Å². The maximum atomic E-state index is 12.1. The summed E-state index contributed by atoms with van der Waals surface area (Å²) >= 11 is 3.33. The summed E-state index contributed by atoms with van der Waals surface area (Å²) in [5, 5.41) is 3.03. The van der Waals surface area contributed by atoms with Gasteiger partial charge in [0.05, 0.1) is 4.90 Å². The van der Waals surface area contributed by atoms with Gasteiger partial charge in [0.25, 0.3) is 0 Å². The van der Waals surface area contributed by atoms with E-state index in [-0.39, 0.29) is 0 Å². The molecule has 1 rings (SSSR count). The Morgan fingerprint density at radius 3 is 2.58 bits per heavy atom. The molecule has 0 heterocycles. The lowest BCUT2D eigenvalue weighted by Gasteiger charge is -2.09. The van der Waals surface area contributed by atoms with Crippen molar-refractivity contribution in [1.29, 1.82) is 0 Å². The minimum Gasteiger partial charge on any atom is -0.316 e. The second kappa shape index (κ2) is 7.99. The molecular weight excluding hydrogens is 328 g/mol. The summed E-state index contributed by atoms with van der Waals surface area (Å²) in [6.45, 7) is 3.29. The lowest BCUT2D eigenvalue weighted by atomic mass is 10.2. The molecular formula is C13H21BrN2O2S. The van der Waals surface area contributed by atoms with E-state index >= 15 is 0 Å². The Morgan fingerprint density at radius 2 is 2.00 bits per heavy atom. The Morgan fingerprint density at radius 1 is 1.26 bits per heavy atom. The van der Waals surface area contributed by atoms with Crippen molar-refractivity contribution in [3.8, 4) is 0 Å². The zero-order valence-corrected chi connectivity index (χ0v) is 13.8. The van der Waals surface area contributed by atoms with Crippen molar-refractivity contribution in [3.05, 3.63) is 28.2 Å². The minimum absolute atomic E-state index is 0.295. The van der Waals surface area contributed by atoms with Gasteiger partial charge in [-0.15, -0.1) is 0 Å². The number of rotatable bonds is 8. The summed E-state index contributed by atoms with van der Waals surface area (Å²) in [6, 6.07) is 5.29. The van der Waals surface area contributed by atoms with E-state index < -0.39 is 10.0 Å². The normalized spacial score (nSPS) is 11.7. The second-order valence-corrected chi connectivity index (χ2v) is 6.99. The third-order valence-corrected chi connectivity index (χ3v) is 5.18. The van der Waals surface area contributed by atoms with Gasteiger partial charge >= 0.3 is 0 Å². The molecule has 0 aromatic heterocycles. The maximum Gasteiger partial charge on any atom is 0.241 e. The first kappa shape index (κ1) is 16.6. The molecule has 6 heteroatoms. The summed E-state index contributed by atoms with van der Waals surface area (Å²) in [5.41, 5.74) is 1.04. The van der Waals surface area contributed by atoms with E-state index in [1.54, 1.807) is 6.07 Å². The van der Waals surface area contributed by atoms with E-state index in [2.05, 4.69) is 32.9 Å². The van der Waals surface area contributed by atoms with Crippen molar-refractivity contribution in [2.75, 3.05) is 13.6 Å². The maximum absolute atomic E-state index is 12.1. The predicted octanol–water partition coefficient (Wildman–Crippen LogP) is 2.64. The van der Waals surface area contributed by atoms with Gasteiger partial charge in [-0.2, -0.15) is 0 Å². The number of sulfonamides is 1. The molecule has 0 saturated carbocycles. The van der Waals surface area contributed by atoms with Crippen molar-refractivity contribution in [3.63, 3.8) is 0 Å². The molecule has 0 radical (unpaired) electrons. The highest BCUT2D eigenvalue weighted by molar-refractivity contribution is 9.10. The van der Waals surface area contributed by atoms with Crippen LogP contribution < -0.4 is 10.0 Å². The number of halogens is 1. The van der Waals surface area contributed by atoms with Crippen LogP contribution in [0.3, 0.4) is 0 Å². The van der Waals surface area contributed by atoms with Crippen LogP contribution in [-0.4, -0.2) is 22.0 Å². The zero-order chi connectivity index (χ0) is 14.3. The molecule has 1 aromatic rings. The van der Waals surface area contributed by atoms with Crippen molar-refractivity contribution < 1.29 is 8.42 Å². The Balaban J connectivity index is 2.77. The van der Waals surface area contributed by atoms with Gasteiger partial charge in [0.15, 0.2) is 0 Å². The Labute approximate surface area is 124 Å². The molecule has 0 amide bonds. The van der Waals surface area contributed by atoms with Gasteiger partial charge in [0, 0.05) is 17.6 Å². The second-order valence-electron chi connectivity index (χ2n) is 4.40. The van der Waals surface area contributed by atoms with Crippen LogP contribution in [0.4, 0.5) is 0 Å². The fourth-order valence-corrected chi connectivity index (χ4v) is 3.93. The van der Waals surface area contributed by atoms with Gasteiger partial charge in [0.1, 0.15) is 0 Å². The van der Waals surface area contributed by atoms with E-state index in [1.165, 1.54) is 0 Å². The number of nitrogens with one attached hydrogen (secondary N) is 2. The van der Waals surface area contributed by atoms with E-state index in [0.717, 1.165) is 24.8 Å². The Bertz CT molecular complexity index is 503. The van der Waals surface area contributed by atoms with Crippen molar-refractivity contribution in [1.82, 2.24) is 10.0 Å². The average molecular weight is 349 g/mol. The van der Waals surface area contributed by atoms with E-state index in [9.17, 15) is 8.42 Å². The van der Waals surface area contributed by atoms with Gasteiger partial charge in [-0.3, -0.25) is 0 Å². The fraction of sp³-hybridized carbons (Fsp3) is 0.538. The summed E-state index contributed by atoms with van der Waals surface area (Å²) < 4.78 is 27.5. The van der Waals surface area contributed by atoms with Crippen LogP contribution in [-0.2, 0) is 16.6 Å². The van der Waals surface area contributed by atoms with Crippen molar-refractivity contribution in [2.24, 2.45) is 0 Å². The molecule has 0 aliphatic heterocycles. The van der Waals surface area contributed by atoms with Crippen molar-refractivity contribution >= 4 is 26.0 Å². The highest BCUT2D eigenvalue weighted by atomic mass is 79.9. The first-order valence-electron chi connectivity index (χ1n) is 6.44. The van der Waals surface area contributed by atoms with Gasteiger partial charge in [-0.1, -0.05) is 25.8 Å². The van der Waals surface area contributed by atoms with Crippen LogP contribution in [0.2, 0.25) is 0 Å². The average Bonchev–Trinajstić information content (AvgIpc) is 2.35. The van der Waals surface area contributed by atoms with Gasteiger partial charge in [-0.25, -0.2) is 13.1 Å². The molecule has 0 spiro atoms. The minimum atomic E-state index is -3.42. The van der Waals surface area contributed by atoms with Crippen LogP contribution in [0.5, 0.6) is 0 Å². The van der Waals surface area contributed by atoms with Gasteiger partial charge in [-0.05, 0) is 47.1 Å². The molecule has 4 nitrogen and oxygen atoms in total. The molecule has 108 valence electrons. The highest BCUT2D eigenvalue weighted by Gasteiger charge is 2.16. The van der Waals surface area contributed by atoms with Gasteiger partial charge < -0.3 is 5.32 Å². The van der Waals surface area contributed by atoms with E-state index in [4.69, 9.17) is 0 Å². The Kier molecular flexibility index (Phi) is 6.99. The topological polar surface area (TPSA) is 58.2 Å². The highest BCUT2D eigenvalue weighted by Crippen LogP contribution is 2.23. The van der Waals surface area contributed by atoms with E-state index in [0.29, 0.717) is 22.5 Å². The van der Waals surface area contributed by atoms with Crippen LogP contribution >= 0.6 is 15.9 Å². The molecule has 0 atom stereocenters. The molecule has 19 heavy (non-hydrogen) atoms. The summed E-state index contributed by atoms with van der Waals surface area (Å²) in [4.78, 5) is 0.295. The molecule has 0 aliphatic rings. The lowest BCUT2D eigenvalue weighted by molar-refractivity contribution is 0.575. The summed E-state index contributed by atoms with van der Waals surface area (Å²) in [6.07, 6.45) is 2.97. The largest absolute Gasteiger partial charge is 0.316 e. The lowest BCUT2D eigenvalue weighted by Crippen LogP contribution is -2.25. The first-order chi connectivity index (χ1) is 9.01. The summed E-state index contributed by atoms with van der Waals surface area (Å²) in [7, 11) is -1.57. The van der Waals surface area contributed by atoms with Gasteiger partial charge in [0.2, 0.25) is 10.0 Å². The molecule has 0 bridgehead atoms. The summed E-state index contributed by atoms with van der Waals surface area (Å²) in [5.74, 6) is 0. The Hall–Kier alpha value is -0.430. The molecule has 0 aliphatic carbocycles. The third-order valence-electron chi connectivity index (χ3n) is 2.74. The predicted molar refractivity (Wildman–Crippen MR) is 81.6 cm³/mol. The fourth-order valence-electron chi connectivity index (χ4n) is 1.74. The molecule has 0 unspecified atom stereocenters. The smallest absolute Gasteiger partial charge is 0.241 e. The van der Waals surface area contributed by atoms with E-state index in [1.807, 2.05) is 19.2 Å². The number of benzene rings is 1. The zero-order valence-electron chi connectivity index (χ0n) is 11.4. The first-order valence-corrected chi connectivity index (χ1v) is 8.71. The van der Waals surface area contributed by atoms with Crippen LogP contribution in [0.25, 0.3) is 0 Å². The third kappa shape index (κ3) is 5.22. The molecule has 0 fully saturated rings. The molecule has 0 saturated heterocycles. The molecule has 2 N–H and O–H groups in total. The standard InChI is InChI=1S/C13H21BrN2O2S/c1-3-4-5-8-16-19(17,18)13-7-6-11(10-15-2)9-12(13)14/h6-7,9,15-16H,3-5,8,10H2,1-2H3. The molecule has 1 aromatic carbocycles. The number of hydrogen-bond donors (Lipinski definition) is 2. The van der Waals surface area contributed by atoms with Crippen LogP contribution in [0.1, 0.15) is 31.7 Å². The number of hydrogen-bond acceptors (Lipinski definition) is 3. The SMILES string of the molecule is CCCCCNS(=O)(=O)c1ccc(CNC)cc1Br. The monoisotopic (exact) mass is 348 g/mol. The van der Waals surface area contributed by atoms with Crippen molar-refractivity contribution in [2.45, 2.75) is 37.6 Å².